The molecule has 1 fully saturated rings. The molecule has 2 amide bonds. The number of aryl methyl sites for hydroxylation is 1. The predicted molar refractivity (Wildman–Crippen MR) is 108 cm³/mol. The molecular weight excluding hydrogens is 376 g/mol. The van der Waals surface area contributed by atoms with Crippen molar-refractivity contribution in [2.24, 2.45) is 5.92 Å². The summed E-state index contributed by atoms with van der Waals surface area (Å²) in [7, 11) is 1.33. The van der Waals surface area contributed by atoms with E-state index in [0.29, 0.717) is 42.2 Å². The Hall–Kier alpha value is -2.67. The Balaban J connectivity index is 1.44. The van der Waals surface area contributed by atoms with Crippen LogP contribution in [0.5, 0.6) is 0 Å². The molecule has 2 heterocycles. The number of ether oxygens (including phenoxy) is 1. The molecular formula is C21H24N2O4S. The lowest BCUT2D eigenvalue weighted by Gasteiger charge is -2.31. The van der Waals surface area contributed by atoms with E-state index in [1.54, 1.807) is 12.1 Å². The van der Waals surface area contributed by atoms with Crippen LogP contribution in [0.4, 0.5) is 5.00 Å². The molecule has 0 bridgehead atoms. The van der Waals surface area contributed by atoms with Crippen LogP contribution in [0.15, 0.2) is 42.5 Å². The Labute approximate surface area is 168 Å². The summed E-state index contributed by atoms with van der Waals surface area (Å²) in [5.74, 6) is -0.451. The van der Waals surface area contributed by atoms with Crippen LogP contribution in [0.1, 0.15) is 34.5 Å². The smallest absolute Gasteiger partial charge is 0.348 e. The Morgan fingerprint density at radius 3 is 2.50 bits per heavy atom. The molecule has 7 heteroatoms. The topological polar surface area (TPSA) is 75.7 Å². The van der Waals surface area contributed by atoms with Gasteiger partial charge in [-0.2, -0.15) is 0 Å². The number of amides is 2. The minimum Gasteiger partial charge on any atom is -0.465 e. The molecule has 2 aromatic rings. The normalized spacial score (nSPS) is 14.5. The zero-order valence-electron chi connectivity index (χ0n) is 15.8. The highest BCUT2D eigenvalue weighted by Gasteiger charge is 2.27. The number of methoxy groups -OCH3 is 1. The van der Waals surface area contributed by atoms with Crippen molar-refractivity contribution >= 4 is 34.1 Å². The third-order valence-electron chi connectivity index (χ3n) is 4.93. The molecule has 1 aliphatic rings. The van der Waals surface area contributed by atoms with E-state index < -0.39 is 5.97 Å². The third kappa shape index (κ3) is 5.19. The summed E-state index contributed by atoms with van der Waals surface area (Å²) < 4.78 is 4.67. The summed E-state index contributed by atoms with van der Waals surface area (Å²) in [6, 6.07) is 13.3. The second kappa shape index (κ2) is 9.50. The summed E-state index contributed by atoms with van der Waals surface area (Å²) in [5, 5.41) is 3.50. The molecule has 3 rings (SSSR count). The average Bonchev–Trinajstić information content (AvgIpc) is 3.20. The van der Waals surface area contributed by atoms with Crippen molar-refractivity contribution in [1.29, 1.82) is 0 Å². The fraction of sp³-hybridized carbons (Fsp3) is 0.381. The molecule has 148 valence electrons. The van der Waals surface area contributed by atoms with Gasteiger partial charge in [-0.25, -0.2) is 4.79 Å². The van der Waals surface area contributed by atoms with Crippen molar-refractivity contribution in [3.63, 3.8) is 0 Å². The van der Waals surface area contributed by atoms with Gasteiger partial charge in [0.1, 0.15) is 4.88 Å². The second-order valence-electron chi connectivity index (χ2n) is 6.79. The summed E-state index contributed by atoms with van der Waals surface area (Å²) in [5.41, 5.74) is 1.16. The summed E-state index contributed by atoms with van der Waals surface area (Å²) in [6.07, 6.45) is 2.53. The van der Waals surface area contributed by atoms with Crippen LogP contribution in [-0.2, 0) is 20.7 Å². The monoisotopic (exact) mass is 400 g/mol. The number of thiophene rings is 1. The number of carbonyl (C=O) groups is 3. The Morgan fingerprint density at radius 1 is 1.11 bits per heavy atom. The number of anilines is 1. The fourth-order valence-electron chi connectivity index (χ4n) is 3.28. The first-order chi connectivity index (χ1) is 13.6. The minimum atomic E-state index is -0.409. The summed E-state index contributed by atoms with van der Waals surface area (Å²) >= 11 is 1.20. The first kappa shape index (κ1) is 20.1. The van der Waals surface area contributed by atoms with Crippen LogP contribution in [0.3, 0.4) is 0 Å². The molecule has 6 nitrogen and oxygen atoms in total. The summed E-state index contributed by atoms with van der Waals surface area (Å²) in [4.78, 5) is 38.7. The highest BCUT2D eigenvalue weighted by molar-refractivity contribution is 7.18. The number of rotatable bonds is 6. The number of hydrogen-bond donors (Lipinski definition) is 1. The molecule has 0 atom stereocenters. The molecule has 1 saturated heterocycles. The largest absolute Gasteiger partial charge is 0.465 e. The first-order valence-corrected chi connectivity index (χ1v) is 10.2. The van der Waals surface area contributed by atoms with E-state index in [1.807, 2.05) is 35.2 Å². The maximum absolute atomic E-state index is 12.5. The maximum atomic E-state index is 12.5. The molecule has 0 saturated carbocycles. The quantitative estimate of drug-likeness (QED) is 0.755. The number of nitrogens with one attached hydrogen (secondary N) is 1. The molecule has 0 aliphatic carbocycles. The number of hydrogen-bond acceptors (Lipinski definition) is 5. The van der Waals surface area contributed by atoms with E-state index in [4.69, 9.17) is 0 Å². The van der Waals surface area contributed by atoms with E-state index in [1.165, 1.54) is 18.4 Å². The number of likely N-dealkylation sites (tertiary alicyclic amines) is 1. The van der Waals surface area contributed by atoms with E-state index >= 15 is 0 Å². The van der Waals surface area contributed by atoms with Crippen LogP contribution in [-0.4, -0.2) is 42.9 Å². The molecule has 1 aromatic carbocycles. The van der Waals surface area contributed by atoms with Crippen molar-refractivity contribution < 1.29 is 19.1 Å². The Morgan fingerprint density at radius 2 is 1.82 bits per heavy atom. The standard InChI is InChI=1S/C21H24N2O4S/c1-27-21(26)17-8-9-18(28-17)22-20(25)16-11-13-23(14-12-16)19(24)10-7-15-5-3-2-4-6-15/h2-6,8-9,16H,7,10-14H2,1H3,(H,22,25). The van der Waals surface area contributed by atoms with Crippen molar-refractivity contribution in [3.05, 3.63) is 52.9 Å². The fourth-order valence-corrected chi connectivity index (χ4v) is 4.11. The van der Waals surface area contributed by atoms with E-state index in [0.717, 1.165) is 12.0 Å². The van der Waals surface area contributed by atoms with Gasteiger partial charge in [0.15, 0.2) is 0 Å². The lowest BCUT2D eigenvalue weighted by molar-refractivity contribution is -0.134. The van der Waals surface area contributed by atoms with Gasteiger partial charge < -0.3 is 15.0 Å². The summed E-state index contributed by atoms with van der Waals surface area (Å²) in [6.45, 7) is 1.20. The van der Waals surface area contributed by atoms with E-state index in [9.17, 15) is 14.4 Å². The van der Waals surface area contributed by atoms with E-state index in [-0.39, 0.29) is 17.7 Å². The second-order valence-corrected chi connectivity index (χ2v) is 7.87. The molecule has 0 unspecified atom stereocenters. The van der Waals surface area contributed by atoms with Gasteiger partial charge in [0.25, 0.3) is 0 Å². The van der Waals surface area contributed by atoms with Gasteiger partial charge in [0, 0.05) is 25.4 Å². The van der Waals surface area contributed by atoms with Crippen LogP contribution < -0.4 is 5.32 Å². The van der Waals surface area contributed by atoms with Crippen molar-refractivity contribution in [2.45, 2.75) is 25.7 Å². The number of carbonyl (C=O) groups excluding carboxylic acids is 3. The highest BCUT2D eigenvalue weighted by atomic mass is 32.1. The Kier molecular flexibility index (Phi) is 6.81. The molecule has 28 heavy (non-hydrogen) atoms. The molecule has 0 spiro atoms. The minimum absolute atomic E-state index is 0.0605. The van der Waals surface area contributed by atoms with Crippen molar-refractivity contribution in [1.82, 2.24) is 4.90 Å². The molecule has 1 aliphatic heterocycles. The van der Waals surface area contributed by atoms with Gasteiger partial charge in [-0.05, 0) is 37.0 Å². The van der Waals surface area contributed by atoms with Gasteiger partial charge in [-0.3, -0.25) is 9.59 Å². The van der Waals surface area contributed by atoms with Crippen LogP contribution in [0.25, 0.3) is 0 Å². The Bertz CT molecular complexity index is 826. The van der Waals surface area contributed by atoms with E-state index in [2.05, 4.69) is 10.1 Å². The number of nitrogens with zero attached hydrogens (tertiary/aromatic N) is 1. The van der Waals surface area contributed by atoms with Crippen LogP contribution in [0.2, 0.25) is 0 Å². The third-order valence-corrected chi connectivity index (χ3v) is 5.91. The SMILES string of the molecule is COC(=O)c1ccc(NC(=O)C2CCN(C(=O)CCc3ccccc3)CC2)s1. The van der Waals surface area contributed by atoms with Gasteiger partial charge in [0.05, 0.1) is 12.1 Å². The lowest BCUT2D eigenvalue weighted by Crippen LogP contribution is -2.41. The zero-order valence-corrected chi connectivity index (χ0v) is 16.7. The predicted octanol–water partition coefficient (Wildman–Crippen LogP) is 3.34. The molecule has 1 N–H and O–H groups in total. The molecule has 1 aromatic heterocycles. The molecule has 0 radical (unpaired) electrons. The maximum Gasteiger partial charge on any atom is 0.348 e. The number of benzene rings is 1. The van der Waals surface area contributed by atoms with Crippen LogP contribution >= 0.6 is 11.3 Å². The van der Waals surface area contributed by atoms with Gasteiger partial charge in [0.2, 0.25) is 11.8 Å². The first-order valence-electron chi connectivity index (χ1n) is 9.37. The van der Waals surface area contributed by atoms with Gasteiger partial charge in [-0.15, -0.1) is 11.3 Å². The number of piperidine rings is 1. The lowest BCUT2D eigenvalue weighted by atomic mass is 9.95. The average molecular weight is 401 g/mol. The van der Waals surface area contributed by atoms with Crippen molar-refractivity contribution in [2.75, 3.05) is 25.5 Å². The van der Waals surface area contributed by atoms with Gasteiger partial charge in [-0.1, -0.05) is 30.3 Å². The van der Waals surface area contributed by atoms with Crippen molar-refractivity contribution in [3.8, 4) is 0 Å². The van der Waals surface area contributed by atoms with Gasteiger partial charge >= 0.3 is 5.97 Å². The number of esters is 1. The van der Waals surface area contributed by atoms with Crippen LogP contribution in [0, 0.1) is 5.92 Å². The zero-order chi connectivity index (χ0) is 19.9. The highest BCUT2D eigenvalue weighted by Crippen LogP contribution is 2.25.